The number of H-pyrrole nitrogens is 1. The molecule has 1 rings (SSSR count). The summed E-state index contributed by atoms with van der Waals surface area (Å²) in [6, 6.07) is 1.94. The first-order valence-electron chi connectivity index (χ1n) is 5.36. The van der Waals surface area contributed by atoms with E-state index in [-0.39, 0.29) is 13.0 Å². The van der Waals surface area contributed by atoms with E-state index in [1.165, 1.54) is 0 Å². The van der Waals surface area contributed by atoms with Gasteiger partial charge in [-0.3, -0.25) is 9.59 Å². The number of aromatic amines is 1. The van der Waals surface area contributed by atoms with Gasteiger partial charge >= 0.3 is 11.9 Å². The maximum atomic E-state index is 10.7. The van der Waals surface area contributed by atoms with Crippen LogP contribution in [0.25, 0.3) is 0 Å². The molecular weight excluding hydrogens is 224 g/mol. The van der Waals surface area contributed by atoms with Crippen LogP contribution in [0.15, 0.2) is 18.5 Å². The minimum absolute atomic E-state index is 0.173. The molecule has 0 radical (unpaired) electrons. The Morgan fingerprint density at radius 2 is 2.18 bits per heavy atom. The van der Waals surface area contributed by atoms with E-state index in [2.05, 4.69) is 10.3 Å². The van der Waals surface area contributed by atoms with E-state index >= 15 is 0 Å². The average Bonchev–Trinajstić information content (AvgIpc) is 2.74. The zero-order chi connectivity index (χ0) is 12.7. The fraction of sp³-hybridized carbons (Fsp3) is 0.455. The van der Waals surface area contributed by atoms with Gasteiger partial charge in [0.05, 0.1) is 12.3 Å². The van der Waals surface area contributed by atoms with Gasteiger partial charge in [-0.25, -0.2) is 0 Å². The van der Waals surface area contributed by atoms with Gasteiger partial charge in [0.15, 0.2) is 0 Å². The molecule has 0 bridgehead atoms. The lowest BCUT2D eigenvalue weighted by atomic mass is 10.1. The number of nitrogens with one attached hydrogen (secondary N) is 2. The van der Waals surface area contributed by atoms with Crippen LogP contribution in [0.2, 0.25) is 0 Å². The second kappa shape index (κ2) is 6.70. The highest BCUT2D eigenvalue weighted by molar-refractivity contribution is 5.77. The molecule has 0 saturated carbocycles. The first kappa shape index (κ1) is 13.2. The third kappa shape index (κ3) is 5.17. The number of aliphatic carboxylic acids is 2. The SMILES string of the molecule is O=C(O)CC(CNCCc1cc[nH]c1)C(=O)O. The van der Waals surface area contributed by atoms with E-state index in [9.17, 15) is 9.59 Å². The van der Waals surface area contributed by atoms with Crippen molar-refractivity contribution >= 4 is 11.9 Å². The molecule has 1 aromatic heterocycles. The summed E-state index contributed by atoms with van der Waals surface area (Å²) in [5, 5.41) is 20.3. The van der Waals surface area contributed by atoms with Crippen molar-refractivity contribution in [2.45, 2.75) is 12.8 Å². The molecule has 6 heteroatoms. The lowest BCUT2D eigenvalue weighted by Gasteiger charge is -2.10. The van der Waals surface area contributed by atoms with Crippen molar-refractivity contribution in [3.8, 4) is 0 Å². The molecule has 1 unspecified atom stereocenters. The number of carboxylic acids is 2. The van der Waals surface area contributed by atoms with Crippen LogP contribution in [0, 0.1) is 5.92 Å². The number of hydrogen-bond donors (Lipinski definition) is 4. The van der Waals surface area contributed by atoms with Crippen molar-refractivity contribution in [2.75, 3.05) is 13.1 Å². The Bertz CT molecular complexity index is 362. The van der Waals surface area contributed by atoms with Crippen molar-refractivity contribution in [3.05, 3.63) is 24.0 Å². The molecule has 4 N–H and O–H groups in total. The van der Waals surface area contributed by atoms with Gasteiger partial charge in [-0.05, 0) is 24.6 Å². The minimum Gasteiger partial charge on any atom is -0.481 e. The number of carbonyl (C=O) groups is 2. The fourth-order valence-electron chi connectivity index (χ4n) is 1.48. The molecule has 94 valence electrons. The summed E-state index contributed by atoms with van der Waals surface area (Å²) in [7, 11) is 0. The van der Waals surface area contributed by atoms with E-state index in [1.807, 2.05) is 18.5 Å². The van der Waals surface area contributed by atoms with E-state index in [1.54, 1.807) is 0 Å². The lowest BCUT2D eigenvalue weighted by molar-refractivity contribution is -0.148. The summed E-state index contributed by atoms with van der Waals surface area (Å²) in [4.78, 5) is 24.1. The van der Waals surface area contributed by atoms with Gasteiger partial charge in [0, 0.05) is 18.9 Å². The molecule has 1 aromatic rings. The van der Waals surface area contributed by atoms with Crippen molar-refractivity contribution < 1.29 is 19.8 Å². The third-order valence-electron chi connectivity index (χ3n) is 2.41. The highest BCUT2D eigenvalue weighted by Gasteiger charge is 2.20. The Kier molecular flexibility index (Phi) is 5.22. The monoisotopic (exact) mass is 240 g/mol. The van der Waals surface area contributed by atoms with Crippen LogP contribution in [-0.4, -0.2) is 40.2 Å². The quantitative estimate of drug-likeness (QED) is 0.490. The van der Waals surface area contributed by atoms with Gasteiger partial charge in [-0.15, -0.1) is 0 Å². The Morgan fingerprint density at radius 3 is 2.71 bits per heavy atom. The van der Waals surface area contributed by atoms with Gasteiger partial charge in [-0.1, -0.05) is 0 Å². The maximum Gasteiger partial charge on any atom is 0.308 e. The largest absolute Gasteiger partial charge is 0.481 e. The molecule has 0 aliphatic rings. The van der Waals surface area contributed by atoms with Gasteiger partial charge < -0.3 is 20.5 Å². The van der Waals surface area contributed by atoms with Crippen LogP contribution in [0.1, 0.15) is 12.0 Å². The van der Waals surface area contributed by atoms with Crippen LogP contribution >= 0.6 is 0 Å². The topological polar surface area (TPSA) is 102 Å². The molecule has 0 aliphatic heterocycles. The van der Waals surface area contributed by atoms with E-state index in [4.69, 9.17) is 10.2 Å². The molecule has 1 atom stereocenters. The summed E-state index contributed by atoms with van der Waals surface area (Å²) in [5.74, 6) is -3.05. The molecule has 17 heavy (non-hydrogen) atoms. The average molecular weight is 240 g/mol. The summed E-state index contributed by atoms with van der Waals surface area (Å²) >= 11 is 0. The zero-order valence-electron chi connectivity index (χ0n) is 9.35. The Labute approximate surface area is 98.7 Å². The number of hydrogen-bond acceptors (Lipinski definition) is 3. The minimum atomic E-state index is -1.09. The van der Waals surface area contributed by atoms with Gasteiger partial charge in [0.1, 0.15) is 0 Å². The van der Waals surface area contributed by atoms with Gasteiger partial charge in [0.2, 0.25) is 0 Å². The molecule has 0 aromatic carbocycles. The standard InChI is InChI=1S/C11H16N2O4/c14-10(15)5-9(11(16)17)7-13-4-2-8-1-3-12-6-8/h1,3,6,9,12-13H,2,4-5,7H2,(H,14,15)(H,16,17). The second-order valence-corrected chi connectivity index (χ2v) is 3.81. The molecular formula is C11H16N2O4. The first-order chi connectivity index (χ1) is 8.09. The molecule has 0 spiro atoms. The van der Waals surface area contributed by atoms with Crippen LogP contribution in [0.5, 0.6) is 0 Å². The highest BCUT2D eigenvalue weighted by Crippen LogP contribution is 2.02. The molecule has 0 amide bonds. The lowest BCUT2D eigenvalue weighted by Crippen LogP contribution is -2.31. The highest BCUT2D eigenvalue weighted by atomic mass is 16.4. The van der Waals surface area contributed by atoms with Crippen LogP contribution in [0.4, 0.5) is 0 Å². The predicted octanol–water partition coefficient (Wildman–Crippen LogP) is 0.322. The molecule has 0 fully saturated rings. The number of aromatic nitrogens is 1. The summed E-state index contributed by atoms with van der Waals surface area (Å²) in [6.07, 6.45) is 4.11. The second-order valence-electron chi connectivity index (χ2n) is 3.81. The molecule has 0 saturated heterocycles. The van der Waals surface area contributed by atoms with Gasteiger partial charge in [0.25, 0.3) is 0 Å². The van der Waals surface area contributed by atoms with Crippen LogP contribution in [-0.2, 0) is 16.0 Å². The Hall–Kier alpha value is -1.82. The first-order valence-corrected chi connectivity index (χ1v) is 5.36. The fourth-order valence-corrected chi connectivity index (χ4v) is 1.48. The van der Waals surface area contributed by atoms with E-state index < -0.39 is 17.9 Å². The Balaban J connectivity index is 2.23. The smallest absolute Gasteiger partial charge is 0.308 e. The van der Waals surface area contributed by atoms with Crippen LogP contribution < -0.4 is 5.32 Å². The number of rotatable bonds is 8. The van der Waals surface area contributed by atoms with Crippen molar-refractivity contribution in [1.29, 1.82) is 0 Å². The third-order valence-corrected chi connectivity index (χ3v) is 2.41. The van der Waals surface area contributed by atoms with Crippen LogP contribution in [0.3, 0.4) is 0 Å². The zero-order valence-corrected chi connectivity index (χ0v) is 9.35. The maximum absolute atomic E-state index is 10.7. The molecule has 6 nitrogen and oxygen atoms in total. The molecule has 1 heterocycles. The van der Waals surface area contributed by atoms with Gasteiger partial charge in [-0.2, -0.15) is 0 Å². The normalized spacial score (nSPS) is 12.2. The van der Waals surface area contributed by atoms with E-state index in [0.717, 1.165) is 12.0 Å². The van der Waals surface area contributed by atoms with Crippen molar-refractivity contribution in [3.63, 3.8) is 0 Å². The summed E-state index contributed by atoms with van der Waals surface area (Å²) in [5.41, 5.74) is 1.13. The number of carboxylic acid groups (broad SMARTS) is 2. The predicted molar refractivity (Wildman–Crippen MR) is 60.7 cm³/mol. The summed E-state index contributed by atoms with van der Waals surface area (Å²) < 4.78 is 0. The molecule has 0 aliphatic carbocycles. The van der Waals surface area contributed by atoms with E-state index in [0.29, 0.717) is 6.54 Å². The van der Waals surface area contributed by atoms with Crippen molar-refractivity contribution in [1.82, 2.24) is 10.3 Å². The Morgan fingerprint density at radius 1 is 1.41 bits per heavy atom. The summed E-state index contributed by atoms with van der Waals surface area (Å²) in [6.45, 7) is 0.799. The van der Waals surface area contributed by atoms with Crippen molar-refractivity contribution in [2.24, 2.45) is 5.92 Å².